The van der Waals surface area contributed by atoms with Crippen LogP contribution in [0.4, 0.5) is 5.69 Å². The molecule has 0 amide bonds. The number of nitrogens with one attached hydrogen (secondary N) is 1. The smallest absolute Gasteiger partial charge is 0.243 e. The number of nitrogens with zero attached hydrogens (tertiary/aromatic N) is 1. The molecule has 0 spiro atoms. The molecule has 0 saturated carbocycles. The monoisotopic (exact) mass is 300 g/mol. The lowest BCUT2D eigenvalue weighted by atomic mass is 10.1. The second-order valence-corrected chi connectivity index (χ2v) is 6.69. The molecule has 6 heteroatoms. The predicted molar refractivity (Wildman–Crippen MR) is 81.6 cm³/mol. The van der Waals surface area contributed by atoms with Crippen LogP contribution in [0.3, 0.4) is 0 Å². The SMILES string of the molecule is CCCN(CCO)S(=O)(=O)c1c(C)cc(NC)cc1C. The number of rotatable bonds is 7. The van der Waals surface area contributed by atoms with Gasteiger partial charge in [-0.3, -0.25) is 0 Å². The minimum atomic E-state index is -3.57. The Hall–Kier alpha value is -1.11. The van der Waals surface area contributed by atoms with Gasteiger partial charge in [0.15, 0.2) is 0 Å². The largest absolute Gasteiger partial charge is 0.395 e. The molecule has 1 rings (SSSR count). The summed E-state index contributed by atoms with van der Waals surface area (Å²) in [5, 5.41) is 12.1. The summed E-state index contributed by atoms with van der Waals surface area (Å²) in [5.41, 5.74) is 2.32. The van der Waals surface area contributed by atoms with Crippen LogP contribution in [0.25, 0.3) is 0 Å². The summed E-state index contributed by atoms with van der Waals surface area (Å²) < 4.78 is 26.8. The van der Waals surface area contributed by atoms with Crippen molar-refractivity contribution in [3.63, 3.8) is 0 Å². The molecule has 0 unspecified atom stereocenters. The van der Waals surface area contributed by atoms with Crippen molar-refractivity contribution in [2.75, 3.05) is 32.1 Å². The Morgan fingerprint density at radius 2 is 1.75 bits per heavy atom. The van der Waals surface area contributed by atoms with Crippen molar-refractivity contribution in [3.05, 3.63) is 23.3 Å². The fourth-order valence-electron chi connectivity index (χ4n) is 2.34. The van der Waals surface area contributed by atoms with E-state index in [9.17, 15) is 8.42 Å². The number of aryl methyl sites for hydroxylation is 2. The van der Waals surface area contributed by atoms with Crippen LogP contribution in [0.15, 0.2) is 17.0 Å². The van der Waals surface area contributed by atoms with Crippen LogP contribution in [0, 0.1) is 13.8 Å². The second kappa shape index (κ2) is 7.06. The number of aliphatic hydroxyl groups is 1. The maximum absolute atomic E-state index is 12.7. The molecule has 0 fully saturated rings. The highest BCUT2D eigenvalue weighted by Crippen LogP contribution is 2.27. The van der Waals surface area contributed by atoms with E-state index in [0.29, 0.717) is 29.0 Å². The molecule has 0 aliphatic heterocycles. The lowest BCUT2D eigenvalue weighted by Gasteiger charge is -2.23. The summed E-state index contributed by atoms with van der Waals surface area (Å²) in [5.74, 6) is 0. The molecule has 114 valence electrons. The molecule has 5 nitrogen and oxygen atoms in total. The fourth-order valence-corrected chi connectivity index (χ4v) is 4.28. The zero-order valence-corrected chi connectivity index (χ0v) is 13.4. The van der Waals surface area contributed by atoms with Gasteiger partial charge in [0.05, 0.1) is 11.5 Å². The molecule has 0 aliphatic rings. The predicted octanol–water partition coefficient (Wildman–Crippen LogP) is 1.74. The van der Waals surface area contributed by atoms with Crippen LogP contribution >= 0.6 is 0 Å². The third-order valence-corrected chi connectivity index (χ3v) is 5.37. The van der Waals surface area contributed by atoms with Crippen LogP contribution in [0.1, 0.15) is 24.5 Å². The van der Waals surface area contributed by atoms with Crippen molar-refractivity contribution in [3.8, 4) is 0 Å². The lowest BCUT2D eigenvalue weighted by molar-refractivity contribution is 0.253. The van der Waals surface area contributed by atoms with Gasteiger partial charge in [-0.1, -0.05) is 6.92 Å². The van der Waals surface area contributed by atoms with Crippen LogP contribution in [-0.4, -0.2) is 44.6 Å². The molecule has 0 saturated heterocycles. The molecule has 0 radical (unpaired) electrons. The van der Waals surface area contributed by atoms with Gasteiger partial charge in [0.25, 0.3) is 0 Å². The van der Waals surface area contributed by atoms with Gasteiger partial charge in [-0.25, -0.2) is 8.42 Å². The summed E-state index contributed by atoms with van der Waals surface area (Å²) in [6.45, 7) is 5.88. The van der Waals surface area contributed by atoms with Gasteiger partial charge in [-0.05, 0) is 43.5 Å². The third kappa shape index (κ3) is 3.50. The van der Waals surface area contributed by atoms with Crippen LogP contribution in [0.2, 0.25) is 0 Å². The molecule has 0 heterocycles. The minimum Gasteiger partial charge on any atom is -0.395 e. The van der Waals surface area contributed by atoms with Gasteiger partial charge in [-0.2, -0.15) is 4.31 Å². The molecular weight excluding hydrogens is 276 g/mol. The average Bonchev–Trinajstić information content (AvgIpc) is 2.37. The Morgan fingerprint density at radius 3 is 2.15 bits per heavy atom. The first-order valence-electron chi connectivity index (χ1n) is 6.78. The maximum Gasteiger partial charge on any atom is 0.243 e. The molecule has 20 heavy (non-hydrogen) atoms. The lowest BCUT2D eigenvalue weighted by Crippen LogP contribution is -2.35. The summed E-state index contributed by atoms with van der Waals surface area (Å²) in [6.07, 6.45) is 0.714. The second-order valence-electron chi connectivity index (χ2n) is 4.82. The topological polar surface area (TPSA) is 69.6 Å². The van der Waals surface area contributed by atoms with Gasteiger partial charge in [0.1, 0.15) is 0 Å². The third-order valence-electron chi connectivity index (χ3n) is 3.17. The first-order chi connectivity index (χ1) is 9.38. The molecule has 0 atom stereocenters. The van der Waals surface area contributed by atoms with Crippen molar-refractivity contribution in [2.45, 2.75) is 32.1 Å². The number of hydrogen-bond donors (Lipinski definition) is 2. The van der Waals surface area contributed by atoms with Gasteiger partial charge >= 0.3 is 0 Å². The molecular formula is C14H24N2O3S. The van der Waals surface area contributed by atoms with E-state index < -0.39 is 10.0 Å². The van der Waals surface area contributed by atoms with Crippen molar-refractivity contribution in [1.82, 2.24) is 4.31 Å². The highest BCUT2D eigenvalue weighted by Gasteiger charge is 2.27. The van der Waals surface area contributed by atoms with E-state index >= 15 is 0 Å². The Labute approximate surface area is 121 Å². The standard InChI is InChI=1S/C14H24N2O3S/c1-5-6-16(7-8-17)20(18,19)14-11(2)9-13(15-4)10-12(14)3/h9-10,15,17H,5-8H2,1-4H3. The molecule has 0 aliphatic carbocycles. The number of aliphatic hydroxyl groups excluding tert-OH is 1. The molecule has 1 aromatic rings. The van der Waals surface area contributed by atoms with Gasteiger partial charge in [0, 0.05) is 25.8 Å². The van der Waals surface area contributed by atoms with E-state index in [0.717, 1.165) is 5.69 Å². The summed E-state index contributed by atoms with van der Waals surface area (Å²) in [7, 11) is -1.76. The first kappa shape index (κ1) is 16.9. The minimum absolute atomic E-state index is 0.128. The quantitative estimate of drug-likeness (QED) is 0.805. The molecule has 1 aromatic carbocycles. The average molecular weight is 300 g/mol. The Balaban J connectivity index is 3.33. The zero-order chi connectivity index (χ0) is 15.3. The van der Waals surface area contributed by atoms with E-state index in [1.54, 1.807) is 20.9 Å². The molecule has 0 aromatic heterocycles. The number of hydrogen-bond acceptors (Lipinski definition) is 4. The Kier molecular flexibility index (Phi) is 5.98. The molecule has 2 N–H and O–H groups in total. The summed E-state index contributed by atoms with van der Waals surface area (Å²) in [6, 6.07) is 3.64. The van der Waals surface area contributed by atoms with Gasteiger partial charge in [0.2, 0.25) is 10.0 Å². The van der Waals surface area contributed by atoms with Crippen molar-refractivity contribution in [2.24, 2.45) is 0 Å². The number of benzene rings is 1. The Morgan fingerprint density at radius 1 is 1.20 bits per heavy atom. The normalized spacial score (nSPS) is 11.9. The van der Waals surface area contributed by atoms with E-state index in [-0.39, 0.29) is 13.2 Å². The highest BCUT2D eigenvalue weighted by atomic mass is 32.2. The fraction of sp³-hybridized carbons (Fsp3) is 0.571. The first-order valence-corrected chi connectivity index (χ1v) is 8.22. The summed E-state index contributed by atoms with van der Waals surface area (Å²) in [4.78, 5) is 0.346. The highest BCUT2D eigenvalue weighted by molar-refractivity contribution is 7.89. The maximum atomic E-state index is 12.7. The van der Waals surface area contributed by atoms with Crippen LogP contribution in [-0.2, 0) is 10.0 Å². The van der Waals surface area contributed by atoms with Crippen molar-refractivity contribution >= 4 is 15.7 Å². The van der Waals surface area contributed by atoms with Crippen LogP contribution in [0.5, 0.6) is 0 Å². The van der Waals surface area contributed by atoms with E-state index in [1.807, 2.05) is 19.1 Å². The van der Waals surface area contributed by atoms with Crippen LogP contribution < -0.4 is 5.32 Å². The van der Waals surface area contributed by atoms with E-state index in [4.69, 9.17) is 5.11 Å². The van der Waals surface area contributed by atoms with Crippen molar-refractivity contribution < 1.29 is 13.5 Å². The molecule has 0 bridgehead atoms. The zero-order valence-electron chi connectivity index (χ0n) is 12.6. The van der Waals surface area contributed by atoms with E-state index in [2.05, 4.69) is 5.32 Å². The van der Waals surface area contributed by atoms with Gasteiger partial charge in [-0.15, -0.1) is 0 Å². The van der Waals surface area contributed by atoms with E-state index in [1.165, 1.54) is 4.31 Å². The summed E-state index contributed by atoms with van der Waals surface area (Å²) >= 11 is 0. The van der Waals surface area contributed by atoms with Gasteiger partial charge < -0.3 is 10.4 Å². The number of sulfonamides is 1. The number of anilines is 1. The van der Waals surface area contributed by atoms with Crippen molar-refractivity contribution in [1.29, 1.82) is 0 Å². The Bertz CT molecular complexity index is 527.